The third kappa shape index (κ3) is 5.54. The number of ether oxygens (including phenoxy) is 1. The zero-order valence-corrected chi connectivity index (χ0v) is 20.4. The van der Waals surface area contributed by atoms with Gasteiger partial charge in [0.2, 0.25) is 0 Å². The summed E-state index contributed by atoms with van der Waals surface area (Å²) in [5, 5.41) is 23.2. The van der Waals surface area contributed by atoms with E-state index in [-0.39, 0.29) is 18.3 Å². The second-order valence-corrected chi connectivity index (χ2v) is 8.75. The minimum atomic E-state index is -0.886. The number of carboxylic acid groups (broad SMARTS) is 1. The number of hydrogen-bond donors (Lipinski definition) is 1. The lowest BCUT2D eigenvalue weighted by molar-refractivity contribution is -0.137. The number of aromatic nitrogens is 3. The number of benzene rings is 2. The Balaban J connectivity index is 1.62. The van der Waals surface area contributed by atoms with E-state index in [0.717, 1.165) is 33.7 Å². The van der Waals surface area contributed by atoms with Gasteiger partial charge in [-0.05, 0) is 48.4 Å². The third-order valence-corrected chi connectivity index (χ3v) is 5.71. The summed E-state index contributed by atoms with van der Waals surface area (Å²) in [6, 6.07) is 19.0. The number of hydrogen-bond acceptors (Lipinski definition) is 5. The highest BCUT2D eigenvalue weighted by atomic mass is 16.5. The first-order valence-electron chi connectivity index (χ1n) is 11.6. The standard InChI is InChI=1S/C29H26N4O3/c1-4-6-23(15-27(34)35)22-9-11-25(12-10-22)36-18-21-14-26(24-8-5-7-20(13-24)16-30)29-31-28(19(2)3)32-33(29)17-21/h5,7-14,17,19,23H,15,18H2,1-3H3,(H,34,35)/t23-/m0/s1. The van der Waals surface area contributed by atoms with Crippen LogP contribution in [0.25, 0.3) is 16.8 Å². The molecule has 4 rings (SSSR count). The highest BCUT2D eigenvalue weighted by Crippen LogP contribution is 2.28. The van der Waals surface area contributed by atoms with Crippen molar-refractivity contribution in [3.63, 3.8) is 0 Å². The summed E-state index contributed by atoms with van der Waals surface area (Å²) in [5.74, 6) is 6.09. The fourth-order valence-electron chi connectivity index (χ4n) is 3.91. The Hall–Kier alpha value is -4.62. The van der Waals surface area contributed by atoms with E-state index in [1.807, 2.05) is 68.6 Å². The van der Waals surface area contributed by atoms with Crippen molar-refractivity contribution in [3.05, 3.63) is 83.3 Å². The minimum absolute atomic E-state index is 0.0485. The van der Waals surface area contributed by atoms with Gasteiger partial charge in [0.05, 0.1) is 24.0 Å². The van der Waals surface area contributed by atoms with Gasteiger partial charge in [-0.3, -0.25) is 4.79 Å². The molecule has 0 aliphatic carbocycles. The lowest BCUT2D eigenvalue weighted by Crippen LogP contribution is -2.05. The molecular formula is C29H26N4O3. The molecule has 2 aromatic carbocycles. The first-order chi connectivity index (χ1) is 17.4. The van der Waals surface area contributed by atoms with Crippen LogP contribution in [0.5, 0.6) is 5.75 Å². The zero-order chi connectivity index (χ0) is 25.7. The number of fused-ring (bicyclic) bond motifs is 1. The average Bonchev–Trinajstić information content (AvgIpc) is 3.31. The van der Waals surface area contributed by atoms with Gasteiger partial charge in [0.1, 0.15) is 12.4 Å². The number of carbonyl (C=O) groups is 1. The van der Waals surface area contributed by atoms with E-state index in [9.17, 15) is 10.1 Å². The van der Waals surface area contributed by atoms with Crippen molar-refractivity contribution in [3.8, 4) is 34.8 Å². The minimum Gasteiger partial charge on any atom is -0.489 e. The summed E-state index contributed by atoms with van der Waals surface area (Å²) < 4.78 is 7.81. The Labute approximate surface area is 210 Å². The Morgan fingerprint density at radius 2 is 1.94 bits per heavy atom. The molecule has 2 aromatic heterocycles. The molecule has 0 aliphatic rings. The van der Waals surface area contributed by atoms with E-state index >= 15 is 0 Å². The normalized spacial score (nSPS) is 11.5. The molecule has 0 spiro atoms. The van der Waals surface area contributed by atoms with Crippen LogP contribution in [0.1, 0.15) is 61.5 Å². The summed E-state index contributed by atoms with van der Waals surface area (Å²) >= 11 is 0. The molecule has 1 atom stereocenters. The molecule has 2 heterocycles. The van der Waals surface area contributed by atoms with Crippen LogP contribution in [-0.4, -0.2) is 25.7 Å². The fourth-order valence-corrected chi connectivity index (χ4v) is 3.91. The van der Waals surface area contributed by atoms with Crippen molar-refractivity contribution < 1.29 is 14.6 Å². The van der Waals surface area contributed by atoms with Crippen LogP contribution in [-0.2, 0) is 11.4 Å². The monoisotopic (exact) mass is 478 g/mol. The van der Waals surface area contributed by atoms with Gasteiger partial charge in [-0.15, -0.1) is 5.92 Å². The molecule has 0 bridgehead atoms. The predicted octanol–water partition coefficient (Wildman–Crippen LogP) is 5.55. The molecule has 7 nitrogen and oxygen atoms in total. The maximum absolute atomic E-state index is 11.2. The fraction of sp³-hybridized carbons (Fsp3) is 0.241. The van der Waals surface area contributed by atoms with Crippen LogP contribution < -0.4 is 4.74 Å². The number of aliphatic carboxylic acids is 1. The molecule has 4 aromatic rings. The smallest absolute Gasteiger partial charge is 0.304 e. The molecule has 7 heteroatoms. The molecule has 0 saturated carbocycles. The molecule has 0 fully saturated rings. The van der Waals surface area contributed by atoms with E-state index in [2.05, 4.69) is 23.0 Å². The van der Waals surface area contributed by atoms with Gasteiger partial charge in [-0.25, -0.2) is 9.50 Å². The maximum Gasteiger partial charge on any atom is 0.304 e. The largest absolute Gasteiger partial charge is 0.489 e. The van der Waals surface area contributed by atoms with Crippen molar-refractivity contribution in [2.75, 3.05) is 0 Å². The molecule has 36 heavy (non-hydrogen) atoms. The van der Waals surface area contributed by atoms with Crippen molar-refractivity contribution in [1.82, 2.24) is 14.6 Å². The highest BCUT2D eigenvalue weighted by Gasteiger charge is 2.16. The van der Waals surface area contributed by atoms with Gasteiger partial charge < -0.3 is 9.84 Å². The first-order valence-corrected chi connectivity index (χ1v) is 11.6. The van der Waals surface area contributed by atoms with E-state index in [1.54, 1.807) is 17.5 Å². The van der Waals surface area contributed by atoms with E-state index < -0.39 is 5.97 Å². The van der Waals surface area contributed by atoms with Crippen LogP contribution >= 0.6 is 0 Å². The number of nitrogens with zero attached hydrogens (tertiary/aromatic N) is 4. The molecule has 180 valence electrons. The van der Waals surface area contributed by atoms with Gasteiger partial charge >= 0.3 is 5.97 Å². The second-order valence-electron chi connectivity index (χ2n) is 8.75. The Morgan fingerprint density at radius 3 is 2.61 bits per heavy atom. The number of rotatable bonds is 8. The molecule has 0 radical (unpaired) electrons. The number of nitriles is 1. The van der Waals surface area contributed by atoms with Gasteiger partial charge in [0, 0.05) is 23.2 Å². The maximum atomic E-state index is 11.2. The summed E-state index contributed by atoms with van der Waals surface area (Å²) in [5.41, 5.74) is 4.79. The van der Waals surface area contributed by atoms with Gasteiger partial charge in [-0.2, -0.15) is 10.4 Å². The van der Waals surface area contributed by atoms with Crippen LogP contribution in [0.2, 0.25) is 0 Å². The Bertz CT molecular complexity index is 1500. The topological polar surface area (TPSA) is 101 Å². The lowest BCUT2D eigenvalue weighted by atomic mass is 9.96. The van der Waals surface area contributed by atoms with Crippen molar-refractivity contribution in [2.45, 2.75) is 45.6 Å². The van der Waals surface area contributed by atoms with Gasteiger partial charge in [-0.1, -0.05) is 44.0 Å². The molecule has 1 N–H and O–H groups in total. The number of pyridine rings is 1. The Morgan fingerprint density at radius 1 is 1.17 bits per heavy atom. The number of carboxylic acids is 1. The molecule has 0 aliphatic heterocycles. The summed E-state index contributed by atoms with van der Waals surface area (Å²) in [7, 11) is 0. The molecule has 0 unspecified atom stereocenters. The summed E-state index contributed by atoms with van der Waals surface area (Å²) in [6.07, 6.45) is 1.85. The summed E-state index contributed by atoms with van der Waals surface area (Å²) in [4.78, 5) is 15.9. The average molecular weight is 479 g/mol. The lowest BCUT2D eigenvalue weighted by Gasteiger charge is -2.12. The van der Waals surface area contributed by atoms with E-state index in [1.165, 1.54) is 0 Å². The molecule has 0 saturated heterocycles. The highest BCUT2D eigenvalue weighted by molar-refractivity contribution is 5.78. The third-order valence-electron chi connectivity index (χ3n) is 5.71. The van der Waals surface area contributed by atoms with Crippen molar-refractivity contribution in [1.29, 1.82) is 5.26 Å². The first kappa shape index (κ1) is 24.5. The molecule has 0 amide bonds. The van der Waals surface area contributed by atoms with Gasteiger partial charge in [0.25, 0.3) is 0 Å². The van der Waals surface area contributed by atoms with E-state index in [4.69, 9.17) is 14.8 Å². The molecular weight excluding hydrogens is 452 g/mol. The van der Waals surface area contributed by atoms with Gasteiger partial charge in [0.15, 0.2) is 11.5 Å². The van der Waals surface area contributed by atoms with E-state index in [0.29, 0.717) is 17.9 Å². The van der Waals surface area contributed by atoms with Crippen molar-refractivity contribution in [2.24, 2.45) is 0 Å². The van der Waals surface area contributed by atoms with Crippen LogP contribution in [0, 0.1) is 23.2 Å². The zero-order valence-electron chi connectivity index (χ0n) is 20.4. The van der Waals surface area contributed by atoms with Crippen LogP contribution in [0.4, 0.5) is 0 Å². The Kier molecular flexibility index (Phi) is 7.32. The van der Waals surface area contributed by atoms with Crippen LogP contribution in [0.15, 0.2) is 60.8 Å². The predicted molar refractivity (Wildman–Crippen MR) is 136 cm³/mol. The SMILES string of the molecule is CC#C[C@@H](CC(=O)O)c1ccc(OCc2cc(-c3cccc(C#N)c3)c3nc(C(C)C)nn3c2)cc1. The quantitative estimate of drug-likeness (QED) is 0.333. The second kappa shape index (κ2) is 10.8. The van der Waals surface area contributed by atoms with Crippen LogP contribution in [0.3, 0.4) is 0 Å². The summed E-state index contributed by atoms with van der Waals surface area (Å²) in [6.45, 7) is 6.09. The van der Waals surface area contributed by atoms with Crippen molar-refractivity contribution >= 4 is 11.6 Å².